The van der Waals surface area contributed by atoms with Crippen LogP contribution in [0.1, 0.15) is 24.4 Å². The molecule has 2 aromatic heterocycles. The van der Waals surface area contributed by atoms with Crippen LogP contribution in [0.2, 0.25) is 0 Å². The number of nitrogens with one attached hydrogen (secondary N) is 1. The summed E-state index contributed by atoms with van der Waals surface area (Å²) in [6.45, 7) is 5.41. The zero-order chi connectivity index (χ0) is 22.7. The number of rotatable bonds is 6. The van der Waals surface area contributed by atoms with Crippen molar-refractivity contribution < 1.29 is 9.53 Å². The van der Waals surface area contributed by atoms with Crippen LogP contribution < -0.4 is 15.6 Å². The first-order valence-corrected chi connectivity index (χ1v) is 10.2. The highest BCUT2D eigenvalue weighted by Gasteiger charge is 2.19. The van der Waals surface area contributed by atoms with Crippen LogP contribution in [-0.2, 0) is 4.79 Å². The van der Waals surface area contributed by atoms with Gasteiger partial charge in [-0.25, -0.2) is 9.36 Å². The lowest BCUT2D eigenvalue weighted by atomic mass is 10.2. The Bertz CT molecular complexity index is 1290. The maximum absolute atomic E-state index is 12.8. The number of carbonyl (C=O) groups is 1. The van der Waals surface area contributed by atoms with Gasteiger partial charge >= 0.3 is 0 Å². The van der Waals surface area contributed by atoms with E-state index in [4.69, 9.17) is 4.74 Å². The van der Waals surface area contributed by atoms with Gasteiger partial charge in [0.15, 0.2) is 5.82 Å². The number of nitrogens with zero attached hydrogens (tertiary/aromatic N) is 4. The van der Waals surface area contributed by atoms with Crippen LogP contribution in [0.5, 0.6) is 11.5 Å². The standard InChI is InChI=1S/C24H23N5O3/c1-16-15-17(2)28(26-16)22-13-14-23(30)29(27-22)18(3)24(31)25-19-9-11-21(12-10-19)32-20-7-5-4-6-8-20/h4-15,18H,1-3H3,(H,25,31). The van der Waals surface area contributed by atoms with Crippen LogP contribution in [-0.4, -0.2) is 25.5 Å². The van der Waals surface area contributed by atoms with Crippen LogP contribution in [0.4, 0.5) is 5.69 Å². The second-order valence-electron chi connectivity index (χ2n) is 7.42. The number of para-hydroxylation sites is 1. The minimum absolute atomic E-state index is 0.359. The van der Waals surface area contributed by atoms with E-state index < -0.39 is 6.04 Å². The zero-order valence-corrected chi connectivity index (χ0v) is 18.0. The molecule has 32 heavy (non-hydrogen) atoms. The Morgan fingerprint density at radius 1 is 0.938 bits per heavy atom. The van der Waals surface area contributed by atoms with E-state index in [1.165, 1.54) is 6.07 Å². The van der Waals surface area contributed by atoms with Gasteiger partial charge in [-0.1, -0.05) is 18.2 Å². The monoisotopic (exact) mass is 429 g/mol. The van der Waals surface area contributed by atoms with Crippen molar-refractivity contribution in [3.8, 4) is 17.3 Å². The fraction of sp³-hybridized carbons (Fsp3) is 0.167. The van der Waals surface area contributed by atoms with Crippen LogP contribution >= 0.6 is 0 Å². The largest absolute Gasteiger partial charge is 0.457 e. The first-order valence-electron chi connectivity index (χ1n) is 10.2. The lowest BCUT2D eigenvalue weighted by Crippen LogP contribution is -2.33. The van der Waals surface area contributed by atoms with Gasteiger partial charge in [0.1, 0.15) is 17.5 Å². The quantitative estimate of drug-likeness (QED) is 0.500. The first kappa shape index (κ1) is 21.0. The summed E-state index contributed by atoms with van der Waals surface area (Å²) >= 11 is 0. The van der Waals surface area contributed by atoms with Gasteiger partial charge in [0.05, 0.1) is 5.69 Å². The van der Waals surface area contributed by atoms with Crippen molar-refractivity contribution in [2.45, 2.75) is 26.8 Å². The molecule has 0 radical (unpaired) electrons. The molecule has 2 heterocycles. The Kier molecular flexibility index (Phi) is 5.85. The molecular weight excluding hydrogens is 406 g/mol. The Morgan fingerprint density at radius 3 is 2.28 bits per heavy atom. The van der Waals surface area contributed by atoms with Crippen molar-refractivity contribution in [3.63, 3.8) is 0 Å². The number of aromatic nitrogens is 4. The summed E-state index contributed by atoms with van der Waals surface area (Å²) in [5.41, 5.74) is 1.94. The summed E-state index contributed by atoms with van der Waals surface area (Å²) in [6.07, 6.45) is 0. The van der Waals surface area contributed by atoms with E-state index in [1.54, 1.807) is 41.9 Å². The maximum atomic E-state index is 12.8. The van der Waals surface area contributed by atoms with E-state index >= 15 is 0 Å². The average Bonchev–Trinajstić information content (AvgIpc) is 3.13. The van der Waals surface area contributed by atoms with Crippen LogP contribution in [0, 0.1) is 13.8 Å². The summed E-state index contributed by atoms with van der Waals surface area (Å²) in [4.78, 5) is 25.2. The Hall–Kier alpha value is -4.20. The smallest absolute Gasteiger partial charge is 0.267 e. The van der Waals surface area contributed by atoms with E-state index in [0.717, 1.165) is 21.8 Å². The van der Waals surface area contributed by atoms with Crippen molar-refractivity contribution in [1.82, 2.24) is 19.6 Å². The summed E-state index contributed by atoms with van der Waals surface area (Å²) in [6, 6.07) is 20.5. The third-order valence-electron chi connectivity index (χ3n) is 4.88. The lowest BCUT2D eigenvalue weighted by Gasteiger charge is -2.15. The topological polar surface area (TPSA) is 91.0 Å². The van der Waals surface area contributed by atoms with Crippen molar-refractivity contribution in [2.75, 3.05) is 5.32 Å². The Labute approximate surface area is 185 Å². The van der Waals surface area contributed by atoms with Crippen molar-refractivity contribution in [2.24, 2.45) is 0 Å². The zero-order valence-electron chi connectivity index (χ0n) is 18.0. The predicted octanol–water partition coefficient (Wildman–Crippen LogP) is 4.04. The Morgan fingerprint density at radius 2 is 1.62 bits per heavy atom. The molecule has 8 nitrogen and oxygen atoms in total. The number of amides is 1. The van der Waals surface area contributed by atoms with Crippen molar-refractivity contribution in [3.05, 3.63) is 94.5 Å². The van der Waals surface area contributed by atoms with Gasteiger partial charge in [0, 0.05) is 17.4 Å². The Balaban J connectivity index is 1.48. The van der Waals surface area contributed by atoms with Gasteiger partial charge < -0.3 is 10.1 Å². The molecule has 0 bridgehead atoms. The fourth-order valence-electron chi connectivity index (χ4n) is 3.26. The van der Waals surface area contributed by atoms with E-state index in [2.05, 4.69) is 15.5 Å². The molecule has 4 rings (SSSR count). The second kappa shape index (κ2) is 8.89. The highest BCUT2D eigenvalue weighted by atomic mass is 16.5. The van der Waals surface area contributed by atoms with Crippen molar-refractivity contribution >= 4 is 11.6 Å². The lowest BCUT2D eigenvalue weighted by molar-refractivity contribution is -0.119. The third-order valence-corrected chi connectivity index (χ3v) is 4.88. The minimum atomic E-state index is -0.820. The summed E-state index contributed by atoms with van der Waals surface area (Å²) in [5, 5.41) is 11.6. The number of anilines is 1. The number of hydrogen-bond acceptors (Lipinski definition) is 5. The molecule has 162 valence electrons. The van der Waals surface area contributed by atoms with Crippen LogP contribution in [0.3, 0.4) is 0 Å². The molecule has 0 aliphatic rings. The number of ether oxygens (including phenoxy) is 1. The molecule has 2 aromatic carbocycles. The molecule has 1 N–H and O–H groups in total. The highest BCUT2D eigenvalue weighted by molar-refractivity contribution is 5.93. The molecule has 0 aliphatic carbocycles. The van der Waals surface area contributed by atoms with E-state index in [1.807, 2.05) is 50.2 Å². The fourth-order valence-corrected chi connectivity index (χ4v) is 3.26. The summed E-state index contributed by atoms with van der Waals surface area (Å²) in [5.74, 6) is 1.49. The highest BCUT2D eigenvalue weighted by Crippen LogP contribution is 2.23. The van der Waals surface area contributed by atoms with Crippen LogP contribution in [0.15, 0.2) is 77.6 Å². The number of aryl methyl sites for hydroxylation is 2. The molecule has 4 aromatic rings. The maximum Gasteiger partial charge on any atom is 0.267 e. The van der Waals surface area contributed by atoms with Crippen LogP contribution in [0.25, 0.3) is 5.82 Å². The number of hydrogen-bond donors (Lipinski definition) is 1. The predicted molar refractivity (Wildman–Crippen MR) is 121 cm³/mol. The molecule has 0 aliphatic heterocycles. The molecular formula is C24H23N5O3. The van der Waals surface area contributed by atoms with E-state index in [-0.39, 0.29) is 11.5 Å². The number of benzene rings is 2. The molecule has 1 amide bonds. The molecule has 0 spiro atoms. The van der Waals surface area contributed by atoms with Gasteiger partial charge in [0.2, 0.25) is 5.91 Å². The molecule has 8 heteroatoms. The van der Waals surface area contributed by atoms with E-state index in [0.29, 0.717) is 17.3 Å². The molecule has 1 unspecified atom stereocenters. The third kappa shape index (κ3) is 4.59. The minimum Gasteiger partial charge on any atom is -0.457 e. The number of carbonyl (C=O) groups excluding carboxylic acids is 1. The second-order valence-corrected chi connectivity index (χ2v) is 7.42. The molecule has 0 saturated carbocycles. The van der Waals surface area contributed by atoms with Gasteiger partial charge in [0.25, 0.3) is 5.56 Å². The SMILES string of the molecule is Cc1cc(C)n(-c2ccc(=O)n(C(C)C(=O)Nc3ccc(Oc4ccccc4)cc3)n2)n1. The average molecular weight is 429 g/mol. The summed E-state index contributed by atoms with van der Waals surface area (Å²) in [7, 11) is 0. The van der Waals surface area contributed by atoms with Gasteiger partial charge in [-0.3, -0.25) is 9.59 Å². The van der Waals surface area contributed by atoms with Gasteiger partial charge in [-0.15, -0.1) is 5.10 Å². The summed E-state index contributed by atoms with van der Waals surface area (Å²) < 4.78 is 8.56. The van der Waals surface area contributed by atoms with Crippen molar-refractivity contribution in [1.29, 1.82) is 0 Å². The molecule has 1 atom stereocenters. The van der Waals surface area contributed by atoms with Gasteiger partial charge in [-0.2, -0.15) is 5.10 Å². The van der Waals surface area contributed by atoms with Gasteiger partial charge in [-0.05, 0) is 69.3 Å². The van der Waals surface area contributed by atoms with E-state index in [9.17, 15) is 9.59 Å². The molecule has 0 fully saturated rings. The molecule has 0 saturated heterocycles. The normalized spacial score (nSPS) is 11.7. The first-order chi connectivity index (χ1) is 15.4.